The Bertz CT molecular complexity index is 983. The summed E-state index contributed by atoms with van der Waals surface area (Å²) >= 11 is 0. The fraction of sp³-hybridized carbons (Fsp3) is 0.440. The van der Waals surface area contributed by atoms with Crippen molar-refractivity contribution in [1.82, 2.24) is 15.5 Å². The molecule has 2 aliphatic heterocycles. The summed E-state index contributed by atoms with van der Waals surface area (Å²) in [7, 11) is 0. The van der Waals surface area contributed by atoms with Crippen LogP contribution in [-0.2, 0) is 17.8 Å². The largest absolute Gasteiger partial charge is 0.361 e. The molecule has 176 valence electrons. The van der Waals surface area contributed by atoms with Gasteiger partial charge in [-0.15, -0.1) is 0 Å². The van der Waals surface area contributed by atoms with Crippen molar-refractivity contribution in [3.63, 3.8) is 0 Å². The van der Waals surface area contributed by atoms with Gasteiger partial charge in [0.05, 0.1) is 17.5 Å². The first-order valence-electron chi connectivity index (χ1n) is 11.6. The van der Waals surface area contributed by atoms with Crippen LogP contribution < -0.4 is 10.6 Å². The Kier molecular flexibility index (Phi) is 8.92. The molecule has 0 spiro atoms. The van der Waals surface area contributed by atoms with Crippen molar-refractivity contribution in [2.45, 2.75) is 65.1 Å². The zero-order valence-corrected chi connectivity index (χ0v) is 19.3. The molecular formula is C25H32FN5O2. The highest BCUT2D eigenvalue weighted by Gasteiger charge is 2.24. The minimum Gasteiger partial charge on any atom is -0.361 e. The van der Waals surface area contributed by atoms with E-state index in [9.17, 15) is 14.0 Å². The summed E-state index contributed by atoms with van der Waals surface area (Å²) in [6.07, 6.45) is 13.1. The van der Waals surface area contributed by atoms with E-state index in [0.29, 0.717) is 31.6 Å². The van der Waals surface area contributed by atoms with E-state index in [-0.39, 0.29) is 11.5 Å². The lowest BCUT2D eigenvalue weighted by Gasteiger charge is -2.29. The van der Waals surface area contributed by atoms with Crippen molar-refractivity contribution < 1.29 is 14.0 Å². The minimum absolute atomic E-state index is 0.0287. The van der Waals surface area contributed by atoms with Gasteiger partial charge in [-0.2, -0.15) is 10.2 Å². The van der Waals surface area contributed by atoms with Crippen LogP contribution in [0.3, 0.4) is 0 Å². The number of dihydropyridines is 1. The van der Waals surface area contributed by atoms with Crippen LogP contribution in [0.15, 0.2) is 46.3 Å². The molecule has 2 amide bonds. The average molecular weight is 454 g/mol. The van der Waals surface area contributed by atoms with Crippen LogP contribution in [0.5, 0.6) is 0 Å². The number of rotatable bonds is 9. The smallest absolute Gasteiger partial charge is 0.256 e. The highest BCUT2D eigenvalue weighted by molar-refractivity contribution is 5.95. The lowest BCUT2D eigenvalue weighted by molar-refractivity contribution is -0.132. The molecule has 3 rings (SSSR count). The minimum atomic E-state index is -0.557. The molecule has 1 aromatic carbocycles. The van der Waals surface area contributed by atoms with Gasteiger partial charge in [0.2, 0.25) is 5.91 Å². The van der Waals surface area contributed by atoms with Crippen molar-refractivity contribution in [3.05, 3.63) is 58.6 Å². The lowest BCUT2D eigenvalue weighted by Crippen LogP contribution is -2.45. The van der Waals surface area contributed by atoms with Gasteiger partial charge in [-0.1, -0.05) is 26.3 Å². The van der Waals surface area contributed by atoms with Crippen LogP contribution in [0.4, 0.5) is 4.39 Å². The maximum atomic E-state index is 14.7. The molecule has 0 radical (unpaired) electrons. The van der Waals surface area contributed by atoms with E-state index in [1.807, 2.05) is 13.0 Å². The van der Waals surface area contributed by atoms with E-state index >= 15 is 0 Å². The Labute approximate surface area is 194 Å². The second-order valence-electron chi connectivity index (χ2n) is 8.20. The molecule has 0 bridgehead atoms. The van der Waals surface area contributed by atoms with Crippen molar-refractivity contribution in [2.24, 2.45) is 10.2 Å². The standard InChI is InChI=1S/C25H32FN5O2/c1-3-5-6-12-27-28-16-20-9-7-10-23(29-20)30-25(33)21-14-19-17-31(24(32)8-4-2)13-11-18(19)15-22(21)26/h7,9-10,12,14-16,23,29H,3-6,8,11,13,17H2,1-2H3,(H,30,33)/b27-12+,28-16+. The summed E-state index contributed by atoms with van der Waals surface area (Å²) in [6, 6.07) is 2.99. The molecule has 1 aromatic rings. The number of benzene rings is 1. The Balaban J connectivity index is 1.61. The van der Waals surface area contributed by atoms with Crippen molar-refractivity contribution in [3.8, 4) is 0 Å². The van der Waals surface area contributed by atoms with Crippen LogP contribution >= 0.6 is 0 Å². The Morgan fingerprint density at radius 3 is 2.88 bits per heavy atom. The third kappa shape index (κ3) is 6.84. The molecular weight excluding hydrogens is 421 g/mol. The van der Waals surface area contributed by atoms with Crippen molar-refractivity contribution in [2.75, 3.05) is 6.54 Å². The van der Waals surface area contributed by atoms with Gasteiger partial charge in [0.1, 0.15) is 12.0 Å². The first kappa shape index (κ1) is 24.4. The monoisotopic (exact) mass is 453 g/mol. The van der Waals surface area contributed by atoms with Gasteiger partial charge < -0.3 is 15.5 Å². The van der Waals surface area contributed by atoms with Crippen molar-refractivity contribution in [1.29, 1.82) is 0 Å². The molecule has 0 saturated carbocycles. The van der Waals surface area contributed by atoms with E-state index < -0.39 is 17.9 Å². The molecule has 33 heavy (non-hydrogen) atoms. The molecule has 2 heterocycles. The zero-order chi connectivity index (χ0) is 23.6. The number of hydrogen-bond donors (Lipinski definition) is 2. The second kappa shape index (κ2) is 12.1. The fourth-order valence-corrected chi connectivity index (χ4v) is 3.76. The summed E-state index contributed by atoms with van der Waals surface area (Å²) in [5, 5.41) is 13.9. The maximum Gasteiger partial charge on any atom is 0.256 e. The summed E-state index contributed by atoms with van der Waals surface area (Å²) in [4.78, 5) is 26.9. The molecule has 8 heteroatoms. The summed E-state index contributed by atoms with van der Waals surface area (Å²) in [6.45, 7) is 5.06. The third-order valence-corrected chi connectivity index (χ3v) is 5.58. The van der Waals surface area contributed by atoms with Crippen LogP contribution in [0, 0.1) is 5.82 Å². The van der Waals surface area contributed by atoms with Crippen LogP contribution in [0.25, 0.3) is 0 Å². The number of fused-ring (bicyclic) bond motifs is 1. The zero-order valence-electron chi connectivity index (χ0n) is 19.3. The molecule has 7 nitrogen and oxygen atoms in total. The fourth-order valence-electron chi connectivity index (χ4n) is 3.76. The Morgan fingerprint density at radius 2 is 2.09 bits per heavy atom. The quantitative estimate of drug-likeness (QED) is 0.338. The van der Waals surface area contributed by atoms with Gasteiger partial charge in [0.15, 0.2) is 0 Å². The molecule has 1 atom stereocenters. The summed E-state index contributed by atoms with van der Waals surface area (Å²) < 4.78 is 14.7. The number of nitrogens with zero attached hydrogens (tertiary/aromatic N) is 3. The first-order valence-corrected chi connectivity index (χ1v) is 11.6. The number of carbonyl (C=O) groups excluding carboxylic acids is 2. The normalized spacial score (nSPS) is 17.7. The van der Waals surface area contributed by atoms with Gasteiger partial charge in [0, 0.05) is 25.7 Å². The van der Waals surface area contributed by atoms with E-state index in [1.165, 1.54) is 6.07 Å². The van der Waals surface area contributed by atoms with Crippen molar-refractivity contribution >= 4 is 24.2 Å². The molecule has 2 aliphatic rings. The topological polar surface area (TPSA) is 86.2 Å². The van der Waals surface area contributed by atoms with Crippen LogP contribution in [0.1, 0.15) is 67.4 Å². The third-order valence-electron chi connectivity index (χ3n) is 5.58. The molecule has 1 unspecified atom stereocenters. The second-order valence-corrected chi connectivity index (χ2v) is 8.20. The molecule has 2 N–H and O–H groups in total. The average Bonchev–Trinajstić information content (AvgIpc) is 2.81. The van der Waals surface area contributed by atoms with E-state index in [0.717, 1.165) is 36.8 Å². The number of hydrogen-bond acceptors (Lipinski definition) is 5. The molecule has 0 fully saturated rings. The predicted octanol–water partition coefficient (Wildman–Crippen LogP) is 3.86. The van der Waals surface area contributed by atoms with Gasteiger partial charge in [-0.3, -0.25) is 9.59 Å². The number of unbranched alkanes of at least 4 members (excludes halogenated alkanes) is 2. The van der Waals surface area contributed by atoms with E-state index in [4.69, 9.17) is 0 Å². The highest BCUT2D eigenvalue weighted by Crippen LogP contribution is 2.23. The Morgan fingerprint density at radius 1 is 1.24 bits per heavy atom. The lowest BCUT2D eigenvalue weighted by atomic mass is 9.96. The summed E-state index contributed by atoms with van der Waals surface area (Å²) in [5.74, 6) is -0.992. The maximum absolute atomic E-state index is 14.7. The number of allylic oxidation sites excluding steroid dienone is 3. The SMILES string of the molecule is CCCC/C=N/N=C/C1=CC=CC(NC(=O)c2cc3c(cc2F)CCN(C(=O)CCC)C3)N1. The Hall–Kier alpha value is -3.29. The van der Waals surface area contributed by atoms with E-state index in [2.05, 4.69) is 27.8 Å². The van der Waals surface area contributed by atoms with Gasteiger partial charge >= 0.3 is 0 Å². The van der Waals surface area contributed by atoms with Gasteiger partial charge in [-0.25, -0.2) is 4.39 Å². The first-order chi connectivity index (χ1) is 16.0. The summed E-state index contributed by atoms with van der Waals surface area (Å²) in [5.41, 5.74) is 2.32. The van der Waals surface area contributed by atoms with Gasteiger partial charge in [-0.05, 0) is 61.1 Å². The molecule has 0 saturated heterocycles. The van der Waals surface area contributed by atoms with Crippen LogP contribution in [-0.4, -0.2) is 41.9 Å². The number of amides is 2. The number of halogens is 1. The number of nitrogens with one attached hydrogen (secondary N) is 2. The molecule has 0 aromatic heterocycles. The van der Waals surface area contributed by atoms with E-state index in [1.54, 1.807) is 35.5 Å². The number of carbonyl (C=O) groups is 2. The highest BCUT2D eigenvalue weighted by atomic mass is 19.1. The van der Waals surface area contributed by atoms with Crippen LogP contribution in [0.2, 0.25) is 0 Å². The molecule has 0 aliphatic carbocycles. The predicted molar refractivity (Wildman–Crippen MR) is 129 cm³/mol. The van der Waals surface area contributed by atoms with Gasteiger partial charge in [0.25, 0.3) is 5.91 Å².